The van der Waals surface area contributed by atoms with Crippen molar-refractivity contribution in [3.05, 3.63) is 54.3 Å². The summed E-state index contributed by atoms with van der Waals surface area (Å²) < 4.78 is 5.55. The molecule has 1 atom stereocenters. The number of hydrogen-bond donors (Lipinski definition) is 1. The maximum atomic E-state index is 13.5. The summed E-state index contributed by atoms with van der Waals surface area (Å²) in [5.41, 5.74) is 2.49. The Labute approximate surface area is 177 Å². The molecule has 154 valence electrons. The highest BCUT2D eigenvalue weighted by Gasteiger charge is 2.53. The molecule has 4 nitrogen and oxygen atoms in total. The van der Waals surface area contributed by atoms with Gasteiger partial charge in [-0.25, -0.2) is 4.98 Å². The van der Waals surface area contributed by atoms with Crippen LogP contribution >= 0.6 is 0 Å². The molecule has 4 aliphatic carbocycles. The van der Waals surface area contributed by atoms with Crippen LogP contribution in [0.5, 0.6) is 0 Å². The number of fused-ring (bicyclic) bond motifs is 1. The number of hydrogen-bond acceptors (Lipinski definition) is 3. The molecule has 0 saturated heterocycles. The number of carbonyl (C=O) groups is 1. The maximum Gasteiger partial charge on any atom is 0.252 e. The molecule has 4 heteroatoms. The quantitative estimate of drug-likeness (QED) is 0.599. The van der Waals surface area contributed by atoms with Gasteiger partial charge in [-0.05, 0) is 92.9 Å². The minimum atomic E-state index is 0.00431. The maximum absolute atomic E-state index is 13.5. The zero-order valence-electron chi connectivity index (χ0n) is 17.4. The topological polar surface area (TPSA) is 55.1 Å². The van der Waals surface area contributed by atoms with Crippen molar-refractivity contribution in [3.8, 4) is 11.5 Å². The number of amides is 1. The zero-order valence-corrected chi connectivity index (χ0v) is 17.4. The molecule has 1 aromatic carbocycles. The van der Waals surface area contributed by atoms with E-state index >= 15 is 0 Å². The van der Waals surface area contributed by atoms with Crippen molar-refractivity contribution in [1.82, 2.24) is 10.3 Å². The van der Waals surface area contributed by atoms with Crippen LogP contribution in [0.1, 0.15) is 55.8 Å². The van der Waals surface area contributed by atoms with Crippen molar-refractivity contribution >= 4 is 16.8 Å². The van der Waals surface area contributed by atoms with E-state index in [1.54, 1.807) is 6.26 Å². The number of carbonyl (C=O) groups excluding carboxylic acids is 1. The van der Waals surface area contributed by atoms with E-state index in [0.29, 0.717) is 17.0 Å². The molecule has 30 heavy (non-hydrogen) atoms. The molecule has 7 rings (SSSR count). The summed E-state index contributed by atoms with van der Waals surface area (Å²) in [6, 6.07) is 13.7. The number of benzene rings is 1. The number of aromatic nitrogens is 1. The predicted octanol–water partition coefficient (Wildman–Crippen LogP) is 5.83. The molecule has 1 amide bonds. The van der Waals surface area contributed by atoms with Crippen molar-refractivity contribution in [2.75, 3.05) is 0 Å². The van der Waals surface area contributed by atoms with Crippen molar-refractivity contribution in [3.63, 3.8) is 0 Å². The highest BCUT2D eigenvalue weighted by Crippen LogP contribution is 2.61. The van der Waals surface area contributed by atoms with Crippen molar-refractivity contribution in [1.29, 1.82) is 0 Å². The first-order valence-electron chi connectivity index (χ1n) is 11.3. The van der Waals surface area contributed by atoms with Gasteiger partial charge in [0.1, 0.15) is 5.69 Å². The van der Waals surface area contributed by atoms with Crippen LogP contribution in [0.25, 0.3) is 22.4 Å². The van der Waals surface area contributed by atoms with Crippen LogP contribution in [0.15, 0.2) is 53.1 Å². The number of nitrogens with one attached hydrogen (secondary N) is 1. The Bertz CT molecular complexity index is 1070. The summed E-state index contributed by atoms with van der Waals surface area (Å²) in [5.74, 6) is 3.32. The predicted molar refractivity (Wildman–Crippen MR) is 117 cm³/mol. The molecular formula is C26H28N2O2. The van der Waals surface area contributed by atoms with Crippen LogP contribution in [0.2, 0.25) is 0 Å². The third-order valence-electron chi connectivity index (χ3n) is 8.09. The summed E-state index contributed by atoms with van der Waals surface area (Å²) >= 11 is 0. The average Bonchev–Trinajstić information content (AvgIpc) is 3.27. The minimum Gasteiger partial charge on any atom is -0.463 e. The van der Waals surface area contributed by atoms with Gasteiger partial charge in [0.25, 0.3) is 5.91 Å². The van der Waals surface area contributed by atoms with Gasteiger partial charge in [0, 0.05) is 11.4 Å². The fraction of sp³-hybridized carbons (Fsp3) is 0.462. The normalized spacial score (nSPS) is 30.5. The fourth-order valence-electron chi connectivity index (χ4n) is 7.05. The first-order valence-corrected chi connectivity index (χ1v) is 11.3. The number of rotatable bonds is 4. The molecule has 3 aromatic rings. The standard InChI is InChI=1S/C26H28N2O2/c1-16(26-13-17-9-18(14-26)11-19(10-17)15-26)27-25(29)21-12-23(24-7-4-8-30-24)28-22-6-3-2-5-20(21)22/h2-8,12,16-19H,9-11,13-15H2,1H3,(H,27,29). The van der Waals surface area contributed by atoms with Gasteiger partial charge < -0.3 is 9.73 Å². The van der Waals surface area contributed by atoms with Crippen LogP contribution in [0, 0.1) is 23.2 Å². The van der Waals surface area contributed by atoms with Crippen LogP contribution in [-0.2, 0) is 0 Å². The van der Waals surface area contributed by atoms with Crippen molar-refractivity contribution in [2.45, 2.75) is 51.5 Å². The van der Waals surface area contributed by atoms with Gasteiger partial charge in [-0.3, -0.25) is 4.79 Å². The van der Waals surface area contributed by atoms with Crippen LogP contribution in [0.3, 0.4) is 0 Å². The second-order valence-corrected chi connectivity index (χ2v) is 10.0. The first-order chi connectivity index (χ1) is 14.6. The molecule has 4 fully saturated rings. The highest BCUT2D eigenvalue weighted by atomic mass is 16.3. The Balaban J connectivity index is 1.33. The lowest BCUT2D eigenvalue weighted by molar-refractivity contribution is -0.0687. The van der Waals surface area contributed by atoms with Gasteiger partial charge in [0.05, 0.1) is 17.3 Å². The van der Waals surface area contributed by atoms with Crippen LogP contribution in [0.4, 0.5) is 0 Å². The van der Waals surface area contributed by atoms with Gasteiger partial charge in [-0.15, -0.1) is 0 Å². The lowest BCUT2D eigenvalue weighted by Crippen LogP contribution is -2.55. The zero-order chi connectivity index (χ0) is 20.3. The number of pyridine rings is 1. The van der Waals surface area contributed by atoms with Gasteiger partial charge in [-0.1, -0.05) is 18.2 Å². The van der Waals surface area contributed by atoms with Crippen LogP contribution < -0.4 is 5.32 Å². The number of para-hydroxylation sites is 1. The molecular weight excluding hydrogens is 372 g/mol. The van der Waals surface area contributed by atoms with Gasteiger partial charge >= 0.3 is 0 Å². The molecule has 4 bridgehead atoms. The van der Waals surface area contributed by atoms with E-state index in [1.807, 2.05) is 42.5 Å². The first kappa shape index (κ1) is 18.2. The molecule has 1 N–H and O–H groups in total. The summed E-state index contributed by atoms with van der Waals surface area (Å²) in [6.45, 7) is 2.24. The van der Waals surface area contributed by atoms with Crippen molar-refractivity contribution < 1.29 is 9.21 Å². The summed E-state index contributed by atoms with van der Waals surface area (Å²) in [4.78, 5) is 18.2. The van der Waals surface area contributed by atoms with E-state index in [2.05, 4.69) is 12.2 Å². The third kappa shape index (κ3) is 2.88. The van der Waals surface area contributed by atoms with Gasteiger partial charge in [0.2, 0.25) is 0 Å². The average molecular weight is 401 g/mol. The van der Waals surface area contributed by atoms with E-state index in [0.717, 1.165) is 28.7 Å². The minimum absolute atomic E-state index is 0.00431. The van der Waals surface area contributed by atoms with Gasteiger partial charge in [-0.2, -0.15) is 0 Å². The SMILES string of the molecule is CC(NC(=O)c1cc(-c2ccco2)nc2ccccc12)C12CC3CC(CC(C3)C1)C2. The molecule has 4 aliphatic rings. The van der Waals surface area contributed by atoms with Gasteiger partial charge in [0.15, 0.2) is 5.76 Å². The largest absolute Gasteiger partial charge is 0.463 e. The lowest BCUT2D eigenvalue weighted by Gasteiger charge is -2.59. The summed E-state index contributed by atoms with van der Waals surface area (Å²) in [7, 11) is 0. The summed E-state index contributed by atoms with van der Waals surface area (Å²) in [6.07, 6.45) is 9.75. The Hall–Kier alpha value is -2.62. The van der Waals surface area contributed by atoms with E-state index in [9.17, 15) is 4.79 Å². The van der Waals surface area contributed by atoms with E-state index in [4.69, 9.17) is 9.40 Å². The second-order valence-electron chi connectivity index (χ2n) is 10.0. The molecule has 2 heterocycles. The molecule has 0 spiro atoms. The third-order valence-corrected chi connectivity index (χ3v) is 8.09. The monoisotopic (exact) mass is 400 g/mol. The molecule has 4 saturated carbocycles. The fourth-order valence-corrected chi connectivity index (χ4v) is 7.05. The summed E-state index contributed by atoms with van der Waals surface area (Å²) in [5, 5.41) is 4.31. The number of nitrogens with zero attached hydrogens (tertiary/aromatic N) is 1. The van der Waals surface area contributed by atoms with Crippen LogP contribution in [-0.4, -0.2) is 16.9 Å². The van der Waals surface area contributed by atoms with E-state index < -0.39 is 0 Å². The molecule has 2 aromatic heterocycles. The molecule has 1 unspecified atom stereocenters. The molecule has 0 radical (unpaired) electrons. The smallest absolute Gasteiger partial charge is 0.252 e. The Morgan fingerprint density at radius 2 is 1.77 bits per heavy atom. The Morgan fingerprint density at radius 3 is 2.43 bits per heavy atom. The Morgan fingerprint density at radius 1 is 1.07 bits per heavy atom. The van der Waals surface area contributed by atoms with E-state index in [-0.39, 0.29) is 17.4 Å². The lowest BCUT2D eigenvalue weighted by atomic mass is 9.48. The van der Waals surface area contributed by atoms with Crippen molar-refractivity contribution in [2.24, 2.45) is 23.2 Å². The highest BCUT2D eigenvalue weighted by molar-refractivity contribution is 6.07. The molecule has 0 aliphatic heterocycles. The number of furan rings is 1. The second kappa shape index (κ2) is 6.69. The Kier molecular flexibility index (Phi) is 4.06. The van der Waals surface area contributed by atoms with E-state index in [1.165, 1.54) is 38.5 Å².